The number of rotatable bonds is 2. The molecule has 0 nitrogen and oxygen atoms in total. The van der Waals surface area contributed by atoms with Crippen LogP contribution in [0.2, 0.25) is 0 Å². The molecule has 4 rings (SSSR count). The maximum absolute atomic E-state index is 4.93. The van der Waals surface area contributed by atoms with Gasteiger partial charge in [-0.05, 0) is 35.1 Å². The van der Waals surface area contributed by atoms with Crippen LogP contribution >= 0.6 is 17.0 Å². The fourth-order valence-electron chi connectivity index (χ4n) is 3.27. The van der Waals surface area contributed by atoms with Crippen LogP contribution < -0.4 is 0 Å². The molecule has 2 aliphatic rings. The van der Waals surface area contributed by atoms with Crippen molar-refractivity contribution in [1.82, 2.24) is 0 Å². The number of fused-ring (bicyclic) bond motifs is 2. The fourth-order valence-corrected chi connectivity index (χ4v) is 3.27. The quantitative estimate of drug-likeness (QED) is 0.557. The Morgan fingerprint density at radius 3 is 2.41 bits per heavy atom. The Morgan fingerprint density at radius 2 is 1.64 bits per heavy atom. The summed E-state index contributed by atoms with van der Waals surface area (Å²) in [4.78, 5) is 0. The Hall–Kier alpha value is -0.617. The van der Waals surface area contributed by atoms with Crippen molar-refractivity contribution in [3.8, 4) is 0 Å². The summed E-state index contributed by atoms with van der Waals surface area (Å²) in [5, 5.41) is 0. The van der Waals surface area contributed by atoms with E-state index in [0.717, 1.165) is 12.8 Å². The minimum atomic E-state index is -0.826. The van der Waals surface area contributed by atoms with Crippen LogP contribution in [0.1, 0.15) is 34.6 Å². The van der Waals surface area contributed by atoms with E-state index in [0.29, 0.717) is 5.92 Å². The van der Waals surface area contributed by atoms with E-state index in [4.69, 9.17) is 17.0 Å². The van der Waals surface area contributed by atoms with Gasteiger partial charge in [-0.25, -0.2) is 0 Å². The van der Waals surface area contributed by atoms with Gasteiger partial charge in [-0.3, -0.25) is 0 Å². The van der Waals surface area contributed by atoms with Gasteiger partial charge in [-0.1, -0.05) is 72.3 Å². The maximum atomic E-state index is 4.93. The molecule has 1 atom stereocenters. The zero-order valence-corrected chi connectivity index (χ0v) is 16.1. The van der Waals surface area contributed by atoms with Gasteiger partial charge in [-0.2, -0.15) is 0 Å². The molecule has 0 amide bonds. The van der Waals surface area contributed by atoms with Crippen LogP contribution in [0.25, 0.3) is 12.2 Å². The Kier molecular flexibility index (Phi) is 5.74. The summed E-state index contributed by atoms with van der Waals surface area (Å²) in [5.41, 5.74) is 7.33. The summed E-state index contributed by atoms with van der Waals surface area (Å²) in [6.07, 6.45) is 9.28. The van der Waals surface area contributed by atoms with Crippen molar-refractivity contribution in [1.29, 1.82) is 0 Å². The third-order valence-corrected chi connectivity index (χ3v) is 4.22. The predicted molar refractivity (Wildman–Crippen MR) is 92.7 cm³/mol. The molecule has 110 valence electrons. The van der Waals surface area contributed by atoms with E-state index in [2.05, 4.69) is 66.8 Å². The summed E-state index contributed by atoms with van der Waals surface area (Å²) in [5.74, 6) is 0.566. The van der Waals surface area contributed by atoms with Crippen LogP contribution in [0.5, 0.6) is 0 Å². The second-order valence-electron chi connectivity index (χ2n) is 5.55. The Balaban J connectivity index is 0.000000446. The molecule has 0 bridgehead atoms. The molecule has 0 saturated carbocycles. The van der Waals surface area contributed by atoms with Gasteiger partial charge in [0.1, 0.15) is 0 Å². The summed E-state index contributed by atoms with van der Waals surface area (Å²) in [7, 11) is 9.87. The summed E-state index contributed by atoms with van der Waals surface area (Å²) in [6, 6.07) is 17.5. The summed E-state index contributed by atoms with van der Waals surface area (Å²) >= 11 is -0.826. The number of halogens is 2. The van der Waals surface area contributed by atoms with Crippen molar-refractivity contribution in [3.05, 3.63) is 82.4 Å². The van der Waals surface area contributed by atoms with Gasteiger partial charge in [0.25, 0.3) is 0 Å². The predicted octanol–water partition coefficient (Wildman–Crippen LogP) is 6.20. The molecule has 0 radical (unpaired) electrons. The second kappa shape index (κ2) is 7.78. The second-order valence-corrected chi connectivity index (χ2v) is 9.28. The van der Waals surface area contributed by atoms with E-state index in [1.165, 1.54) is 22.3 Å². The number of hydrogen-bond donors (Lipinski definition) is 0. The third-order valence-electron chi connectivity index (χ3n) is 4.22. The third kappa shape index (κ3) is 3.65. The van der Waals surface area contributed by atoms with Gasteiger partial charge in [-0.15, -0.1) is 0 Å². The molecule has 2 aliphatic carbocycles. The van der Waals surface area contributed by atoms with E-state index in [1.54, 1.807) is 5.57 Å². The Labute approximate surface area is 150 Å². The number of allylic oxidation sites excluding steroid dienone is 2. The molecule has 0 N–H and O–H groups in total. The molecule has 22 heavy (non-hydrogen) atoms. The molecular formula is C19H16Cl2Zr. The number of hydrogen-bond acceptors (Lipinski definition) is 0. The first-order chi connectivity index (χ1) is 10.8. The molecule has 0 aromatic heterocycles. The van der Waals surface area contributed by atoms with Crippen molar-refractivity contribution >= 4 is 29.2 Å². The average Bonchev–Trinajstić information content (AvgIpc) is 3.12. The topological polar surface area (TPSA) is 0 Å². The van der Waals surface area contributed by atoms with E-state index in [9.17, 15) is 0 Å². The van der Waals surface area contributed by atoms with Crippen molar-refractivity contribution in [2.75, 3.05) is 0 Å². The number of benzene rings is 2. The molecule has 3 heteroatoms. The van der Waals surface area contributed by atoms with Gasteiger partial charge < -0.3 is 0 Å². The van der Waals surface area contributed by atoms with Crippen LogP contribution in [-0.2, 0) is 27.3 Å². The monoisotopic (exact) mass is 404 g/mol. The van der Waals surface area contributed by atoms with Crippen LogP contribution in [0, 0.1) is 0 Å². The molecule has 0 fully saturated rings. The molecule has 0 saturated heterocycles. The zero-order chi connectivity index (χ0) is 15.4. The summed E-state index contributed by atoms with van der Waals surface area (Å²) < 4.78 is 0. The molecule has 0 spiro atoms. The SMILES string of the molecule is C1=CC(CC2=Cc3ccccc3C2)c2ccccc21.[Cl][Zr][Cl]. The van der Waals surface area contributed by atoms with Gasteiger partial charge in [0, 0.05) is 5.92 Å². The normalized spacial score (nSPS) is 17.2. The minimum absolute atomic E-state index is 0.566. The van der Waals surface area contributed by atoms with E-state index in [1.807, 2.05) is 0 Å². The van der Waals surface area contributed by atoms with Crippen molar-refractivity contribution in [2.24, 2.45) is 0 Å². The first kappa shape index (κ1) is 16.2. The molecule has 2 aromatic carbocycles. The van der Waals surface area contributed by atoms with Gasteiger partial charge in [0.15, 0.2) is 0 Å². The zero-order valence-electron chi connectivity index (χ0n) is 12.1. The molecular weight excluding hydrogens is 390 g/mol. The standard InChI is InChI=1S/C19H16.2ClH.Zr/c1-2-7-17-12-14(11-16(17)6-1)13-18-10-9-15-5-3-4-8-19(15)18;;;/h1-11,18H,12-13H2;2*1H;/q;;;+2/p-2. The van der Waals surface area contributed by atoms with E-state index < -0.39 is 20.8 Å². The van der Waals surface area contributed by atoms with E-state index >= 15 is 0 Å². The fraction of sp³-hybridized carbons (Fsp3) is 0.158. The van der Waals surface area contributed by atoms with Crippen LogP contribution in [0.15, 0.2) is 60.2 Å². The van der Waals surface area contributed by atoms with Gasteiger partial charge >= 0.3 is 37.9 Å². The molecule has 2 aromatic rings. The Bertz CT molecular complexity index is 719. The Morgan fingerprint density at radius 1 is 0.955 bits per heavy atom. The van der Waals surface area contributed by atoms with Crippen LogP contribution in [0.3, 0.4) is 0 Å². The molecule has 1 unspecified atom stereocenters. The van der Waals surface area contributed by atoms with Crippen LogP contribution in [0.4, 0.5) is 0 Å². The van der Waals surface area contributed by atoms with Crippen LogP contribution in [-0.4, -0.2) is 0 Å². The molecule has 0 heterocycles. The van der Waals surface area contributed by atoms with Gasteiger partial charge in [0.2, 0.25) is 0 Å². The average molecular weight is 406 g/mol. The van der Waals surface area contributed by atoms with Crippen molar-refractivity contribution in [3.63, 3.8) is 0 Å². The van der Waals surface area contributed by atoms with Gasteiger partial charge in [0.05, 0.1) is 0 Å². The first-order valence-electron chi connectivity index (χ1n) is 7.32. The molecule has 0 aliphatic heterocycles. The van der Waals surface area contributed by atoms with Crippen molar-refractivity contribution in [2.45, 2.75) is 18.8 Å². The first-order valence-corrected chi connectivity index (χ1v) is 13.7. The summed E-state index contributed by atoms with van der Waals surface area (Å²) in [6.45, 7) is 0. The van der Waals surface area contributed by atoms with Crippen molar-refractivity contribution < 1.29 is 20.8 Å². The van der Waals surface area contributed by atoms with E-state index in [-0.39, 0.29) is 0 Å².